The highest BCUT2D eigenvalue weighted by atomic mass is 16.5. The van der Waals surface area contributed by atoms with Gasteiger partial charge in [-0.25, -0.2) is 0 Å². The van der Waals surface area contributed by atoms with E-state index in [-0.39, 0.29) is 17.2 Å². The third-order valence-corrected chi connectivity index (χ3v) is 3.45. The first-order chi connectivity index (χ1) is 7.56. The van der Waals surface area contributed by atoms with E-state index in [1.165, 1.54) is 0 Å². The Morgan fingerprint density at radius 2 is 1.59 bits per heavy atom. The van der Waals surface area contributed by atoms with Crippen LogP contribution in [0.15, 0.2) is 24.5 Å². The second-order valence-corrected chi connectivity index (χ2v) is 6.31. The lowest BCUT2D eigenvalue weighted by Crippen LogP contribution is -2.60. The van der Waals surface area contributed by atoms with E-state index < -0.39 is 0 Å². The first-order valence-corrected chi connectivity index (χ1v) is 6.09. The van der Waals surface area contributed by atoms with Gasteiger partial charge >= 0.3 is 0 Å². The van der Waals surface area contributed by atoms with Crippen LogP contribution in [0.1, 0.15) is 47.5 Å². The SMILES string of the molecule is C=C(C)C(=C)OC1CC(C)(C)N([OH2+])C(C)(C)C1. The van der Waals surface area contributed by atoms with Gasteiger partial charge in [0.2, 0.25) is 0 Å². The monoisotopic (exact) mass is 240 g/mol. The van der Waals surface area contributed by atoms with E-state index in [0.29, 0.717) is 5.76 Å². The highest BCUT2D eigenvalue weighted by Crippen LogP contribution is 2.38. The molecule has 0 radical (unpaired) electrons. The number of hydroxylamine groups is 2. The Balaban J connectivity index is 2.78. The zero-order valence-corrected chi connectivity index (χ0v) is 11.8. The summed E-state index contributed by atoms with van der Waals surface area (Å²) in [7, 11) is 0. The molecule has 1 saturated heterocycles. The second kappa shape index (κ2) is 4.46. The quantitative estimate of drug-likeness (QED) is 0.432. The first-order valence-electron chi connectivity index (χ1n) is 6.09. The van der Waals surface area contributed by atoms with Crippen LogP contribution >= 0.6 is 0 Å². The Morgan fingerprint density at radius 3 is 1.94 bits per heavy atom. The van der Waals surface area contributed by atoms with E-state index in [1.807, 2.05) is 6.92 Å². The van der Waals surface area contributed by atoms with Gasteiger partial charge in [0.05, 0.1) is 11.1 Å². The summed E-state index contributed by atoms with van der Waals surface area (Å²) in [5.74, 6) is 0.667. The van der Waals surface area contributed by atoms with Crippen LogP contribution < -0.4 is 0 Å². The predicted molar refractivity (Wildman–Crippen MR) is 71.7 cm³/mol. The van der Waals surface area contributed by atoms with E-state index in [4.69, 9.17) is 9.94 Å². The summed E-state index contributed by atoms with van der Waals surface area (Å²) < 4.78 is 5.87. The molecule has 1 aliphatic heterocycles. The van der Waals surface area contributed by atoms with Crippen molar-refractivity contribution in [1.82, 2.24) is 5.06 Å². The molecule has 0 aromatic rings. The van der Waals surface area contributed by atoms with E-state index in [0.717, 1.165) is 18.4 Å². The van der Waals surface area contributed by atoms with Crippen LogP contribution in [0.3, 0.4) is 0 Å². The van der Waals surface area contributed by atoms with Gasteiger partial charge in [-0.1, -0.05) is 18.2 Å². The molecule has 0 amide bonds. The maximum absolute atomic E-state index is 8.17. The Labute approximate surface area is 105 Å². The van der Waals surface area contributed by atoms with E-state index in [9.17, 15) is 0 Å². The van der Waals surface area contributed by atoms with E-state index in [2.05, 4.69) is 40.9 Å². The van der Waals surface area contributed by atoms with Crippen LogP contribution in [-0.4, -0.2) is 27.5 Å². The fourth-order valence-electron chi connectivity index (χ4n) is 2.57. The van der Waals surface area contributed by atoms with Gasteiger partial charge in [0.25, 0.3) is 0 Å². The number of piperidine rings is 1. The average Bonchev–Trinajstić information content (AvgIpc) is 2.12. The van der Waals surface area contributed by atoms with Gasteiger partial charge in [0, 0.05) is 12.8 Å². The topological polar surface area (TPSA) is 35.4 Å². The number of allylic oxidation sites excluding steroid dienone is 1. The number of ether oxygens (including phenoxy) is 1. The van der Waals surface area contributed by atoms with Crippen molar-refractivity contribution in [3.05, 3.63) is 24.5 Å². The lowest BCUT2D eigenvalue weighted by Gasteiger charge is -2.47. The van der Waals surface area contributed by atoms with Gasteiger partial charge in [0.1, 0.15) is 11.9 Å². The Hall–Kier alpha value is -0.800. The standard InChI is InChI=1S/C14H25NO2/c1-10(2)11(3)17-12-8-13(4,5)15(16)14(6,7)9-12/h12,16H,1,3,8-9H2,2,4-7H3/p+1. The number of hydrogen-bond donors (Lipinski definition) is 0. The second-order valence-electron chi connectivity index (χ2n) is 6.31. The third-order valence-electron chi connectivity index (χ3n) is 3.45. The minimum Gasteiger partial charge on any atom is -0.491 e. The van der Waals surface area contributed by atoms with Crippen LogP contribution in [-0.2, 0) is 4.74 Å². The molecule has 0 atom stereocenters. The normalized spacial score (nSPS) is 24.4. The zero-order chi connectivity index (χ0) is 13.4. The van der Waals surface area contributed by atoms with Crippen molar-refractivity contribution in [2.45, 2.75) is 64.6 Å². The molecule has 1 rings (SSSR count). The molecule has 2 N–H and O–H groups in total. The average molecular weight is 240 g/mol. The molecule has 0 aromatic carbocycles. The molecule has 0 saturated carbocycles. The number of nitrogens with zero attached hydrogens (tertiary/aromatic N) is 1. The lowest BCUT2D eigenvalue weighted by atomic mass is 9.80. The molecule has 1 fully saturated rings. The van der Waals surface area contributed by atoms with Gasteiger partial charge < -0.3 is 9.94 Å². The van der Waals surface area contributed by atoms with E-state index >= 15 is 0 Å². The molecule has 3 nitrogen and oxygen atoms in total. The van der Waals surface area contributed by atoms with Crippen LogP contribution in [0, 0.1) is 0 Å². The minimum atomic E-state index is -0.179. The van der Waals surface area contributed by atoms with E-state index in [1.54, 1.807) is 5.06 Å². The molecule has 0 aromatic heterocycles. The van der Waals surface area contributed by atoms with Gasteiger partial charge in [-0.3, -0.25) is 0 Å². The Kier molecular flexibility index (Phi) is 3.75. The third kappa shape index (κ3) is 3.11. The highest BCUT2D eigenvalue weighted by molar-refractivity contribution is 5.16. The number of rotatable bonds is 3. The van der Waals surface area contributed by atoms with Crippen LogP contribution in [0.2, 0.25) is 0 Å². The highest BCUT2D eigenvalue weighted by Gasteiger charge is 2.49. The lowest BCUT2D eigenvalue weighted by molar-refractivity contribution is -0.258. The van der Waals surface area contributed by atoms with Crippen LogP contribution in [0.25, 0.3) is 0 Å². The van der Waals surface area contributed by atoms with Crippen molar-refractivity contribution in [2.75, 3.05) is 0 Å². The summed E-state index contributed by atoms with van der Waals surface area (Å²) in [5.41, 5.74) is 0.512. The molecule has 0 unspecified atom stereocenters. The fraction of sp³-hybridized carbons (Fsp3) is 0.714. The van der Waals surface area contributed by atoms with Crippen molar-refractivity contribution in [1.29, 1.82) is 0 Å². The summed E-state index contributed by atoms with van der Waals surface area (Å²) in [5, 5.41) is 9.87. The Bertz CT molecular complexity index is 313. The molecule has 0 aliphatic carbocycles. The van der Waals surface area contributed by atoms with Gasteiger partial charge in [-0.15, -0.1) is 0 Å². The summed E-state index contributed by atoms with van der Waals surface area (Å²) in [6, 6.07) is 0. The van der Waals surface area contributed by atoms with Crippen molar-refractivity contribution >= 4 is 0 Å². The van der Waals surface area contributed by atoms with Crippen molar-refractivity contribution in [2.24, 2.45) is 0 Å². The molecule has 1 heterocycles. The Morgan fingerprint density at radius 1 is 1.18 bits per heavy atom. The molecular weight excluding hydrogens is 214 g/mol. The summed E-state index contributed by atoms with van der Waals surface area (Å²) in [4.78, 5) is 0. The smallest absolute Gasteiger partial charge is 0.114 e. The first kappa shape index (κ1) is 14.3. The maximum atomic E-state index is 8.17. The van der Waals surface area contributed by atoms with Crippen molar-refractivity contribution < 1.29 is 9.94 Å². The predicted octanol–water partition coefficient (Wildman–Crippen LogP) is 2.75. The van der Waals surface area contributed by atoms with Crippen LogP contribution in [0.5, 0.6) is 0 Å². The summed E-state index contributed by atoms with van der Waals surface area (Å²) in [6.45, 7) is 18.0. The van der Waals surface area contributed by atoms with Crippen LogP contribution in [0.4, 0.5) is 0 Å². The molecular formula is C14H26NO2+. The largest absolute Gasteiger partial charge is 0.491 e. The fourth-order valence-corrected chi connectivity index (χ4v) is 2.57. The summed E-state index contributed by atoms with van der Waals surface area (Å²) >= 11 is 0. The molecule has 3 heteroatoms. The maximum Gasteiger partial charge on any atom is 0.114 e. The molecule has 1 aliphatic rings. The molecule has 0 spiro atoms. The number of hydrogen-bond acceptors (Lipinski definition) is 2. The molecule has 17 heavy (non-hydrogen) atoms. The van der Waals surface area contributed by atoms with Gasteiger partial charge in [-0.05, 0) is 40.2 Å². The van der Waals surface area contributed by atoms with Gasteiger partial charge in [0.15, 0.2) is 0 Å². The molecule has 98 valence electrons. The van der Waals surface area contributed by atoms with Gasteiger partial charge in [-0.2, -0.15) is 0 Å². The molecule has 0 bridgehead atoms. The zero-order valence-electron chi connectivity index (χ0n) is 11.8. The van der Waals surface area contributed by atoms with Crippen molar-refractivity contribution in [3.8, 4) is 0 Å². The summed E-state index contributed by atoms with van der Waals surface area (Å²) in [6.07, 6.45) is 1.80. The minimum absolute atomic E-state index is 0.116. The van der Waals surface area contributed by atoms with Crippen molar-refractivity contribution in [3.63, 3.8) is 0 Å².